The third kappa shape index (κ3) is 3.31. The molecular formula is C14H22N2O2. The number of hydrogen-bond donors (Lipinski definition) is 2. The number of nitrogens with two attached hydrogens (primary N) is 1. The van der Waals surface area contributed by atoms with Crippen LogP contribution in [0.4, 0.5) is 0 Å². The molecule has 0 fully saturated rings. The van der Waals surface area contributed by atoms with Crippen LogP contribution in [0.3, 0.4) is 0 Å². The van der Waals surface area contributed by atoms with Gasteiger partial charge in [-0.05, 0) is 12.0 Å². The lowest BCUT2D eigenvalue weighted by molar-refractivity contribution is -0.125. The second-order valence-corrected chi connectivity index (χ2v) is 4.31. The lowest BCUT2D eigenvalue weighted by Gasteiger charge is -2.32. The summed E-state index contributed by atoms with van der Waals surface area (Å²) in [6.45, 7) is 3.18. The van der Waals surface area contributed by atoms with Crippen LogP contribution in [0.1, 0.15) is 25.3 Å². The number of methoxy groups -OCH3 is 1. The summed E-state index contributed by atoms with van der Waals surface area (Å²) in [5, 5.41) is 3.25. The lowest BCUT2D eigenvalue weighted by Crippen LogP contribution is -2.53. The van der Waals surface area contributed by atoms with Gasteiger partial charge in [0.2, 0.25) is 5.91 Å². The Labute approximate surface area is 109 Å². The predicted octanol–water partition coefficient (Wildman–Crippen LogP) is 1.40. The summed E-state index contributed by atoms with van der Waals surface area (Å²) < 4.78 is 5.02. The summed E-state index contributed by atoms with van der Waals surface area (Å²) in [6, 6.07) is 9.62. The van der Waals surface area contributed by atoms with E-state index in [1.807, 2.05) is 37.3 Å². The van der Waals surface area contributed by atoms with Crippen molar-refractivity contribution in [3.63, 3.8) is 0 Å². The molecule has 0 saturated carbocycles. The van der Waals surface area contributed by atoms with Gasteiger partial charge in [0.05, 0.1) is 6.61 Å². The zero-order valence-corrected chi connectivity index (χ0v) is 11.1. The minimum absolute atomic E-state index is 0.341. The Bertz CT molecular complexity index is 367. The van der Waals surface area contributed by atoms with E-state index >= 15 is 0 Å². The number of carbonyl (C=O) groups excluding carboxylic acids is 1. The molecule has 0 spiro atoms. The maximum absolute atomic E-state index is 11.9. The second-order valence-electron chi connectivity index (χ2n) is 4.31. The molecule has 4 heteroatoms. The summed E-state index contributed by atoms with van der Waals surface area (Å²) in [7, 11) is 1.63. The number of carbonyl (C=O) groups is 1. The molecule has 0 heterocycles. The zero-order valence-electron chi connectivity index (χ0n) is 11.1. The molecule has 0 saturated heterocycles. The number of nitrogens with one attached hydrogen (secondary N) is 1. The molecule has 1 aromatic carbocycles. The molecule has 1 amide bonds. The molecule has 100 valence electrons. The van der Waals surface area contributed by atoms with Crippen molar-refractivity contribution in [2.75, 3.05) is 20.3 Å². The molecule has 0 aliphatic carbocycles. The highest BCUT2D eigenvalue weighted by molar-refractivity contribution is 5.86. The van der Waals surface area contributed by atoms with E-state index in [1.165, 1.54) is 0 Å². The van der Waals surface area contributed by atoms with Gasteiger partial charge in [0, 0.05) is 13.7 Å². The average Bonchev–Trinajstić information content (AvgIpc) is 2.38. The van der Waals surface area contributed by atoms with Gasteiger partial charge >= 0.3 is 0 Å². The fourth-order valence-electron chi connectivity index (χ4n) is 2.15. The Morgan fingerprint density at radius 1 is 1.39 bits per heavy atom. The minimum Gasteiger partial charge on any atom is -0.383 e. The first kappa shape index (κ1) is 14.7. The fourth-order valence-corrected chi connectivity index (χ4v) is 2.15. The molecule has 0 aliphatic heterocycles. The van der Waals surface area contributed by atoms with Crippen LogP contribution in [-0.2, 0) is 15.1 Å². The van der Waals surface area contributed by atoms with Crippen LogP contribution in [-0.4, -0.2) is 26.2 Å². The molecule has 0 bridgehead atoms. The van der Waals surface area contributed by atoms with Crippen molar-refractivity contribution in [1.82, 2.24) is 5.32 Å². The molecule has 18 heavy (non-hydrogen) atoms. The van der Waals surface area contributed by atoms with Gasteiger partial charge in [-0.25, -0.2) is 0 Å². The zero-order chi connectivity index (χ0) is 13.4. The molecule has 4 nitrogen and oxygen atoms in total. The normalized spacial score (nSPS) is 14.1. The van der Waals surface area contributed by atoms with Crippen molar-refractivity contribution < 1.29 is 9.53 Å². The van der Waals surface area contributed by atoms with Gasteiger partial charge < -0.3 is 10.5 Å². The Balaban J connectivity index is 3.01. The number of benzene rings is 1. The number of amides is 1. The first-order chi connectivity index (χ1) is 8.67. The molecule has 1 atom stereocenters. The number of rotatable bonds is 8. The van der Waals surface area contributed by atoms with E-state index < -0.39 is 5.54 Å². The standard InChI is InChI=1S/C14H22N2O2/c1-3-9-14(13(15)17,16-10-11-18-2)12-7-5-4-6-8-12/h4-8,16H,3,9-11H2,1-2H3,(H2,15,17). The molecular weight excluding hydrogens is 228 g/mol. The van der Waals surface area contributed by atoms with Gasteiger partial charge in [-0.15, -0.1) is 0 Å². The second kappa shape index (κ2) is 7.13. The summed E-state index contributed by atoms with van der Waals surface area (Å²) >= 11 is 0. The molecule has 1 unspecified atom stereocenters. The van der Waals surface area contributed by atoms with Crippen LogP contribution in [0.5, 0.6) is 0 Å². The van der Waals surface area contributed by atoms with Crippen LogP contribution in [0, 0.1) is 0 Å². The Morgan fingerprint density at radius 3 is 2.56 bits per heavy atom. The van der Waals surface area contributed by atoms with Crippen molar-refractivity contribution >= 4 is 5.91 Å². The van der Waals surface area contributed by atoms with Crippen molar-refractivity contribution in [3.05, 3.63) is 35.9 Å². The number of primary amides is 1. The Kier molecular flexibility index (Phi) is 5.82. The third-order valence-corrected chi connectivity index (χ3v) is 3.05. The molecule has 0 aliphatic rings. The SMILES string of the molecule is CCCC(NCCOC)(C(N)=O)c1ccccc1. The lowest BCUT2D eigenvalue weighted by atomic mass is 9.84. The smallest absolute Gasteiger partial charge is 0.242 e. The summed E-state index contributed by atoms with van der Waals surface area (Å²) in [4.78, 5) is 11.9. The first-order valence-electron chi connectivity index (χ1n) is 6.26. The quantitative estimate of drug-likeness (QED) is 0.686. The Hall–Kier alpha value is -1.39. The third-order valence-electron chi connectivity index (χ3n) is 3.05. The van der Waals surface area contributed by atoms with Crippen LogP contribution >= 0.6 is 0 Å². The van der Waals surface area contributed by atoms with Crippen molar-refractivity contribution in [2.24, 2.45) is 5.73 Å². The van der Waals surface area contributed by atoms with E-state index in [9.17, 15) is 4.79 Å². The van der Waals surface area contributed by atoms with E-state index in [0.29, 0.717) is 19.6 Å². The van der Waals surface area contributed by atoms with Crippen LogP contribution in [0.25, 0.3) is 0 Å². The molecule has 1 rings (SSSR count). The molecule has 1 aromatic rings. The Morgan fingerprint density at radius 2 is 2.06 bits per heavy atom. The monoisotopic (exact) mass is 250 g/mol. The van der Waals surface area contributed by atoms with Gasteiger partial charge in [0.25, 0.3) is 0 Å². The van der Waals surface area contributed by atoms with E-state index in [4.69, 9.17) is 10.5 Å². The number of ether oxygens (including phenoxy) is 1. The highest BCUT2D eigenvalue weighted by Crippen LogP contribution is 2.26. The average molecular weight is 250 g/mol. The van der Waals surface area contributed by atoms with Crippen molar-refractivity contribution in [2.45, 2.75) is 25.3 Å². The topological polar surface area (TPSA) is 64.3 Å². The highest BCUT2D eigenvalue weighted by atomic mass is 16.5. The van der Waals surface area contributed by atoms with Crippen molar-refractivity contribution in [3.8, 4) is 0 Å². The fraction of sp³-hybridized carbons (Fsp3) is 0.500. The van der Waals surface area contributed by atoms with E-state index in [0.717, 1.165) is 12.0 Å². The first-order valence-corrected chi connectivity index (χ1v) is 6.26. The van der Waals surface area contributed by atoms with Crippen molar-refractivity contribution in [1.29, 1.82) is 0 Å². The number of hydrogen-bond acceptors (Lipinski definition) is 3. The van der Waals surface area contributed by atoms with Gasteiger partial charge in [-0.1, -0.05) is 43.7 Å². The molecule has 0 radical (unpaired) electrons. The van der Waals surface area contributed by atoms with E-state index in [-0.39, 0.29) is 5.91 Å². The van der Waals surface area contributed by atoms with Gasteiger partial charge in [-0.2, -0.15) is 0 Å². The minimum atomic E-state index is -0.797. The maximum atomic E-state index is 11.9. The van der Waals surface area contributed by atoms with Crippen LogP contribution in [0.2, 0.25) is 0 Å². The van der Waals surface area contributed by atoms with Gasteiger partial charge in [0.1, 0.15) is 5.54 Å². The summed E-state index contributed by atoms with van der Waals surface area (Å²) in [6.07, 6.45) is 1.55. The molecule has 3 N–H and O–H groups in total. The maximum Gasteiger partial charge on any atom is 0.242 e. The predicted molar refractivity (Wildman–Crippen MR) is 72.1 cm³/mol. The summed E-state index contributed by atoms with van der Waals surface area (Å²) in [5.41, 5.74) is 5.75. The van der Waals surface area contributed by atoms with Crippen LogP contribution in [0.15, 0.2) is 30.3 Å². The largest absolute Gasteiger partial charge is 0.383 e. The van der Waals surface area contributed by atoms with Gasteiger partial charge in [-0.3, -0.25) is 10.1 Å². The van der Waals surface area contributed by atoms with E-state index in [1.54, 1.807) is 7.11 Å². The highest BCUT2D eigenvalue weighted by Gasteiger charge is 2.36. The van der Waals surface area contributed by atoms with E-state index in [2.05, 4.69) is 5.32 Å². The summed E-state index contributed by atoms with van der Waals surface area (Å²) in [5.74, 6) is -0.341. The molecule has 0 aromatic heterocycles. The van der Waals surface area contributed by atoms with Crippen LogP contribution < -0.4 is 11.1 Å². The van der Waals surface area contributed by atoms with Gasteiger partial charge in [0.15, 0.2) is 0 Å².